The summed E-state index contributed by atoms with van der Waals surface area (Å²) in [7, 11) is 0. The van der Waals surface area contributed by atoms with Crippen LogP contribution >= 0.6 is 23.2 Å². The Labute approximate surface area is 116 Å². The number of alkyl halides is 1. The van der Waals surface area contributed by atoms with Crippen molar-refractivity contribution in [3.8, 4) is 0 Å². The van der Waals surface area contributed by atoms with Gasteiger partial charge in [0, 0.05) is 5.02 Å². The lowest BCUT2D eigenvalue weighted by molar-refractivity contribution is 0.617. The predicted octanol–water partition coefficient (Wildman–Crippen LogP) is 5.42. The van der Waals surface area contributed by atoms with Crippen LogP contribution in [0.4, 0.5) is 4.39 Å². The van der Waals surface area contributed by atoms with Gasteiger partial charge in [-0.25, -0.2) is 4.39 Å². The molecule has 0 aromatic heterocycles. The number of aryl methyl sites for hydroxylation is 2. The SMILES string of the molecule is Cc1cc(C(Cl)c2ccc(C)c(Cl)c2)ccc1F. The second kappa shape index (κ2) is 5.29. The average molecular weight is 283 g/mol. The van der Waals surface area contributed by atoms with Gasteiger partial charge in [-0.1, -0.05) is 35.9 Å². The third kappa shape index (κ3) is 2.68. The van der Waals surface area contributed by atoms with Crippen LogP contribution in [0.2, 0.25) is 5.02 Å². The first-order valence-electron chi connectivity index (χ1n) is 5.65. The molecule has 0 spiro atoms. The lowest BCUT2D eigenvalue weighted by atomic mass is 10.0. The van der Waals surface area contributed by atoms with E-state index in [1.54, 1.807) is 19.1 Å². The van der Waals surface area contributed by atoms with Crippen LogP contribution in [-0.4, -0.2) is 0 Å². The highest BCUT2D eigenvalue weighted by Gasteiger charge is 2.13. The molecule has 18 heavy (non-hydrogen) atoms. The van der Waals surface area contributed by atoms with Gasteiger partial charge in [-0.2, -0.15) is 0 Å². The maximum absolute atomic E-state index is 13.2. The molecule has 2 rings (SSSR count). The lowest BCUT2D eigenvalue weighted by Crippen LogP contribution is -1.95. The molecule has 0 bridgehead atoms. The third-order valence-electron chi connectivity index (χ3n) is 2.96. The van der Waals surface area contributed by atoms with Crippen molar-refractivity contribution in [2.75, 3.05) is 0 Å². The van der Waals surface area contributed by atoms with E-state index in [9.17, 15) is 4.39 Å². The number of rotatable bonds is 2. The zero-order chi connectivity index (χ0) is 13.3. The molecule has 0 amide bonds. The maximum atomic E-state index is 13.2. The Morgan fingerprint density at radius 3 is 2.17 bits per heavy atom. The Morgan fingerprint density at radius 2 is 1.56 bits per heavy atom. The summed E-state index contributed by atoms with van der Waals surface area (Å²) in [6.07, 6.45) is 0. The average Bonchev–Trinajstić information content (AvgIpc) is 2.35. The van der Waals surface area contributed by atoms with Gasteiger partial charge in [0.2, 0.25) is 0 Å². The van der Waals surface area contributed by atoms with Crippen LogP contribution in [0.3, 0.4) is 0 Å². The van der Waals surface area contributed by atoms with E-state index in [2.05, 4.69) is 0 Å². The Morgan fingerprint density at radius 1 is 0.944 bits per heavy atom. The summed E-state index contributed by atoms with van der Waals surface area (Å²) in [6.45, 7) is 3.67. The fraction of sp³-hybridized carbons (Fsp3) is 0.200. The normalized spacial score (nSPS) is 12.5. The van der Waals surface area contributed by atoms with E-state index in [0.29, 0.717) is 10.6 Å². The predicted molar refractivity (Wildman–Crippen MR) is 75.0 cm³/mol. The van der Waals surface area contributed by atoms with E-state index in [0.717, 1.165) is 16.7 Å². The van der Waals surface area contributed by atoms with Crippen LogP contribution < -0.4 is 0 Å². The quantitative estimate of drug-likeness (QED) is 0.645. The Bertz CT molecular complexity index is 527. The van der Waals surface area contributed by atoms with Gasteiger partial charge in [0.1, 0.15) is 5.82 Å². The molecule has 0 aliphatic rings. The highest BCUT2D eigenvalue weighted by molar-refractivity contribution is 6.31. The fourth-order valence-corrected chi connectivity index (χ4v) is 2.25. The van der Waals surface area contributed by atoms with Gasteiger partial charge in [0.05, 0.1) is 5.38 Å². The van der Waals surface area contributed by atoms with Crippen LogP contribution in [0.15, 0.2) is 36.4 Å². The first kappa shape index (κ1) is 13.4. The van der Waals surface area contributed by atoms with Gasteiger partial charge in [0.15, 0.2) is 0 Å². The summed E-state index contributed by atoms with van der Waals surface area (Å²) >= 11 is 12.5. The van der Waals surface area contributed by atoms with Crippen molar-refractivity contribution in [1.29, 1.82) is 0 Å². The molecule has 0 fully saturated rings. The van der Waals surface area contributed by atoms with Crippen LogP contribution in [-0.2, 0) is 0 Å². The first-order chi connectivity index (χ1) is 8.49. The minimum Gasteiger partial charge on any atom is -0.207 e. The van der Waals surface area contributed by atoms with Gasteiger partial charge in [0.25, 0.3) is 0 Å². The Kier molecular flexibility index (Phi) is 3.94. The topological polar surface area (TPSA) is 0 Å². The van der Waals surface area contributed by atoms with Crippen molar-refractivity contribution in [3.05, 3.63) is 69.5 Å². The summed E-state index contributed by atoms with van der Waals surface area (Å²) in [4.78, 5) is 0. The Hall–Kier alpha value is -1.05. The largest absolute Gasteiger partial charge is 0.207 e. The van der Waals surface area contributed by atoms with E-state index in [-0.39, 0.29) is 11.2 Å². The first-order valence-corrected chi connectivity index (χ1v) is 6.46. The van der Waals surface area contributed by atoms with Gasteiger partial charge in [-0.3, -0.25) is 0 Å². The zero-order valence-electron chi connectivity index (χ0n) is 10.2. The van der Waals surface area contributed by atoms with Crippen LogP contribution in [0.25, 0.3) is 0 Å². The molecule has 0 saturated carbocycles. The number of halogens is 3. The lowest BCUT2D eigenvalue weighted by Gasteiger charge is -2.12. The molecule has 0 aliphatic carbocycles. The molecule has 0 heterocycles. The molecule has 0 aliphatic heterocycles. The van der Waals surface area contributed by atoms with Crippen molar-refractivity contribution >= 4 is 23.2 Å². The molecule has 0 saturated heterocycles. The molecule has 0 nitrogen and oxygen atoms in total. The molecule has 2 aromatic rings. The summed E-state index contributed by atoms with van der Waals surface area (Å²) in [6, 6.07) is 10.6. The standard InChI is InChI=1S/C15H13Cl2F/c1-9-3-4-12(8-13(9)16)15(17)11-5-6-14(18)10(2)7-11/h3-8,15H,1-2H3. The molecule has 2 aromatic carbocycles. The smallest absolute Gasteiger partial charge is 0.126 e. The van der Waals surface area contributed by atoms with Crippen molar-refractivity contribution < 1.29 is 4.39 Å². The van der Waals surface area contributed by atoms with Gasteiger partial charge in [-0.15, -0.1) is 11.6 Å². The second-order valence-electron chi connectivity index (χ2n) is 4.38. The van der Waals surface area contributed by atoms with Gasteiger partial charge in [-0.05, 0) is 48.2 Å². The van der Waals surface area contributed by atoms with E-state index in [1.165, 1.54) is 6.07 Å². The summed E-state index contributed by atoms with van der Waals surface area (Å²) < 4.78 is 13.2. The molecular formula is C15H13Cl2F. The van der Waals surface area contributed by atoms with Crippen molar-refractivity contribution in [1.82, 2.24) is 0 Å². The molecule has 3 heteroatoms. The Balaban J connectivity index is 2.37. The van der Waals surface area contributed by atoms with Crippen LogP contribution in [0, 0.1) is 19.7 Å². The number of hydrogen-bond acceptors (Lipinski definition) is 0. The summed E-state index contributed by atoms with van der Waals surface area (Å²) in [5.74, 6) is -0.218. The fourth-order valence-electron chi connectivity index (χ4n) is 1.78. The maximum Gasteiger partial charge on any atom is 0.126 e. The van der Waals surface area contributed by atoms with E-state index in [4.69, 9.17) is 23.2 Å². The van der Waals surface area contributed by atoms with Crippen LogP contribution in [0.1, 0.15) is 27.6 Å². The minimum atomic E-state index is -0.317. The second-order valence-corrected chi connectivity index (χ2v) is 5.22. The molecule has 0 N–H and O–H groups in total. The highest BCUT2D eigenvalue weighted by atomic mass is 35.5. The zero-order valence-corrected chi connectivity index (χ0v) is 11.7. The van der Waals surface area contributed by atoms with Crippen molar-refractivity contribution in [2.45, 2.75) is 19.2 Å². The van der Waals surface area contributed by atoms with E-state index < -0.39 is 0 Å². The summed E-state index contributed by atoms with van der Waals surface area (Å²) in [5, 5.41) is 0.374. The van der Waals surface area contributed by atoms with Gasteiger partial charge < -0.3 is 0 Å². The molecule has 1 atom stereocenters. The van der Waals surface area contributed by atoms with Gasteiger partial charge >= 0.3 is 0 Å². The molecule has 1 unspecified atom stereocenters. The highest BCUT2D eigenvalue weighted by Crippen LogP contribution is 2.32. The summed E-state index contributed by atoms with van der Waals surface area (Å²) in [5.41, 5.74) is 3.39. The molecular weight excluding hydrogens is 270 g/mol. The molecule has 0 radical (unpaired) electrons. The van der Waals surface area contributed by atoms with E-state index >= 15 is 0 Å². The minimum absolute atomic E-state index is 0.218. The van der Waals surface area contributed by atoms with E-state index in [1.807, 2.05) is 25.1 Å². The van der Waals surface area contributed by atoms with Crippen LogP contribution in [0.5, 0.6) is 0 Å². The number of hydrogen-bond donors (Lipinski definition) is 0. The molecule has 94 valence electrons. The number of benzene rings is 2. The third-order valence-corrected chi connectivity index (χ3v) is 3.87. The van der Waals surface area contributed by atoms with Crippen molar-refractivity contribution in [2.24, 2.45) is 0 Å². The monoisotopic (exact) mass is 282 g/mol. The van der Waals surface area contributed by atoms with Crippen molar-refractivity contribution in [3.63, 3.8) is 0 Å².